The second kappa shape index (κ2) is 10.2. The molecule has 2 aliphatic carbocycles. The lowest BCUT2D eigenvalue weighted by atomic mass is 9.61. The molecule has 0 spiro atoms. The first-order valence-electron chi connectivity index (χ1n) is 18.1. The fraction of sp³-hybridized carbons (Fsp3) is 0.208. The predicted octanol–water partition coefficient (Wildman–Crippen LogP) is 12.4. The van der Waals surface area contributed by atoms with Crippen LogP contribution in [0.5, 0.6) is 0 Å². The van der Waals surface area contributed by atoms with Crippen molar-refractivity contribution in [2.75, 3.05) is 4.90 Å². The molecular formula is C48H41N. The second-order valence-electron chi connectivity index (χ2n) is 15.3. The van der Waals surface area contributed by atoms with Crippen LogP contribution in [0.3, 0.4) is 0 Å². The summed E-state index contributed by atoms with van der Waals surface area (Å²) in [4.78, 5) is 2.75. The van der Waals surface area contributed by atoms with E-state index in [2.05, 4.69) is 171 Å². The minimum absolute atomic E-state index is 0.00512. The first-order chi connectivity index (χ1) is 23.9. The van der Waals surface area contributed by atoms with Crippen LogP contribution in [0.15, 0.2) is 146 Å². The van der Waals surface area contributed by atoms with Crippen molar-refractivity contribution in [3.05, 3.63) is 179 Å². The Hall–Kier alpha value is -5.14. The maximum atomic E-state index is 2.75. The first kappa shape index (κ1) is 28.8. The van der Waals surface area contributed by atoms with Gasteiger partial charge in [0, 0.05) is 16.8 Å². The van der Waals surface area contributed by atoms with Gasteiger partial charge in [-0.3, -0.25) is 0 Å². The Morgan fingerprint density at radius 3 is 2.00 bits per heavy atom. The molecule has 49 heavy (non-hydrogen) atoms. The summed E-state index contributed by atoms with van der Waals surface area (Å²) in [5.41, 5.74) is 13.3. The maximum absolute atomic E-state index is 2.75. The number of anilines is 2. The minimum Gasteiger partial charge on any atom is -0.334 e. The minimum atomic E-state index is -0.463. The third-order valence-corrected chi connectivity index (χ3v) is 12.9. The number of fused-ring (bicyclic) bond motifs is 10. The normalized spacial score (nSPS) is 21.7. The number of hydrogen-bond acceptors (Lipinski definition) is 1. The van der Waals surface area contributed by atoms with Crippen LogP contribution in [0.1, 0.15) is 72.9 Å². The molecule has 7 aromatic carbocycles. The molecule has 1 aliphatic heterocycles. The van der Waals surface area contributed by atoms with Gasteiger partial charge in [0.05, 0.1) is 11.0 Å². The van der Waals surface area contributed by atoms with Gasteiger partial charge in [-0.2, -0.15) is 0 Å². The average Bonchev–Trinajstić information content (AvgIpc) is 3.55. The van der Waals surface area contributed by atoms with E-state index in [1.165, 1.54) is 103 Å². The average molecular weight is 632 g/mol. The first-order valence-corrected chi connectivity index (χ1v) is 18.1. The van der Waals surface area contributed by atoms with E-state index in [0.717, 1.165) is 0 Å². The molecule has 2 unspecified atom stereocenters. The van der Waals surface area contributed by atoms with Crippen LogP contribution in [-0.2, 0) is 10.8 Å². The van der Waals surface area contributed by atoms with Gasteiger partial charge in [0.25, 0.3) is 0 Å². The highest BCUT2D eigenvalue weighted by Gasteiger charge is 2.58. The van der Waals surface area contributed by atoms with E-state index in [4.69, 9.17) is 0 Å². The molecule has 1 heteroatoms. The number of rotatable bonds is 3. The lowest BCUT2D eigenvalue weighted by Crippen LogP contribution is -2.54. The molecule has 0 radical (unpaired) electrons. The van der Waals surface area contributed by atoms with Gasteiger partial charge in [-0.05, 0) is 105 Å². The van der Waals surface area contributed by atoms with Crippen molar-refractivity contribution in [2.45, 2.75) is 62.8 Å². The van der Waals surface area contributed by atoms with E-state index in [-0.39, 0.29) is 11.0 Å². The maximum Gasteiger partial charge on any atom is 0.0714 e. The van der Waals surface area contributed by atoms with Crippen LogP contribution in [-0.4, -0.2) is 5.54 Å². The molecule has 0 aromatic heterocycles. The topological polar surface area (TPSA) is 3.24 Å². The standard InChI is InChI=1S/C48H41N/c1-32-20-27-44-43(30-32)46(2)28-12-13-29-47(46,3)49(44)36-22-24-40-42(31-36)48(34-15-6-4-7-16-34,35-17-8-5-9-18-35)41-26-25-38-37-19-11-10-14-33(37)21-23-39(38)45(40)41/h4-11,14-27,30-31H,12-13,28-29H2,1-3H3. The quantitative estimate of drug-likeness (QED) is 0.175. The smallest absolute Gasteiger partial charge is 0.0714 e. The van der Waals surface area contributed by atoms with Crippen LogP contribution in [0, 0.1) is 6.92 Å². The number of nitrogens with zero attached hydrogens (tertiary/aromatic N) is 1. The van der Waals surface area contributed by atoms with Crippen molar-refractivity contribution in [1.29, 1.82) is 0 Å². The highest BCUT2D eigenvalue weighted by atomic mass is 15.3. The second-order valence-corrected chi connectivity index (χ2v) is 15.3. The van der Waals surface area contributed by atoms with Crippen molar-refractivity contribution in [1.82, 2.24) is 0 Å². The molecule has 7 aromatic rings. The fourth-order valence-corrected chi connectivity index (χ4v) is 10.5. The third-order valence-electron chi connectivity index (χ3n) is 12.9. The van der Waals surface area contributed by atoms with Gasteiger partial charge in [-0.1, -0.05) is 153 Å². The Balaban J connectivity index is 1.32. The van der Waals surface area contributed by atoms with Gasteiger partial charge in [0.2, 0.25) is 0 Å². The molecule has 0 amide bonds. The van der Waals surface area contributed by atoms with E-state index in [1.54, 1.807) is 0 Å². The van der Waals surface area contributed by atoms with Crippen molar-refractivity contribution in [3.63, 3.8) is 0 Å². The van der Waals surface area contributed by atoms with Crippen LogP contribution in [0.4, 0.5) is 11.4 Å². The fourth-order valence-electron chi connectivity index (χ4n) is 10.5. The van der Waals surface area contributed by atoms with Crippen LogP contribution in [0.2, 0.25) is 0 Å². The zero-order chi connectivity index (χ0) is 33.0. The van der Waals surface area contributed by atoms with Gasteiger partial charge in [-0.25, -0.2) is 0 Å². The summed E-state index contributed by atoms with van der Waals surface area (Å²) in [5.74, 6) is 0. The molecule has 10 rings (SSSR count). The lowest BCUT2D eigenvalue weighted by molar-refractivity contribution is 0.195. The van der Waals surface area contributed by atoms with E-state index in [9.17, 15) is 0 Å². The summed E-state index contributed by atoms with van der Waals surface area (Å²) in [6.07, 6.45) is 4.98. The number of hydrogen-bond donors (Lipinski definition) is 0. The molecule has 0 N–H and O–H groups in total. The van der Waals surface area contributed by atoms with Gasteiger partial charge >= 0.3 is 0 Å². The Bertz CT molecular complexity index is 2400. The molecular weight excluding hydrogens is 591 g/mol. The summed E-state index contributed by atoms with van der Waals surface area (Å²) in [7, 11) is 0. The van der Waals surface area contributed by atoms with Gasteiger partial charge in [0.15, 0.2) is 0 Å². The molecule has 0 saturated heterocycles. The molecule has 0 bridgehead atoms. The van der Waals surface area contributed by atoms with E-state index in [1.807, 2.05) is 0 Å². The third kappa shape index (κ3) is 3.66. The lowest BCUT2D eigenvalue weighted by Gasteiger charge is -2.50. The molecule has 2 atom stereocenters. The van der Waals surface area contributed by atoms with E-state index < -0.39 is 5.41 Å². The molecule has 1 nitrogen and oxygen atoms in total. The molecule has 3 aliphatic rings. The molecule has 1 fully saturated rings. The highest BCUT2D eigenvalue weighted by Crippen LogP contribution is 2.63. The molecule has 238 valence electrons. The van der Waals surface area contributed by atoms with Crippen molar-refractivity contribution in [2.24, 2.45) is 0 Å². The summed E-state index contributed by atoms with van der Waals surface area (Å²) in [6.45, 7) is 7.34. The summed E-state index contributed by atoms with van der Waals surface area (Å²) in [6, 6.07) is 55.5. The van der Waals surface area contributed by atoms with Crippen LogP contribution < -0.4 is 4.90 Å². The molecule has 1 heterocycles. The Morgan fingerprint density at radius 2 is 1.22 bits per heavy atom. The Morgan fingerprint density at radius 1 is 0.531 bits per heavy atom. The largest absolute Gasteiger partial charge is 0.334 e. The van der Waals surface area contributed by atoms with Gasteiger partial charge in [0.1, 0.15) is 0 Å². The predicted molar refractivity (Wildman–Crippen MR) is 206 cm³/mol. The Labute approximate surface area is 289 Å². The van der Waals surface area contributed by atoms with Gasteiger partial charge < -0.3 is 4.90 Å². The van der Waals surface area contributed by atoms with Crippen molar-refractivity contribution < 1.29 is 0 Å². The van der Waals surface area contributed by atoms with E-state index in [0.29, 0.717) is 0 Å². The summed E-state index contributed by atoms with van der Waals surface area (Å²) in [5, 5.41) is 5.24. The van der Waals surface area contributed by atoms with E-state index >= 15 is 0 Å². The SMILES string of the molecule is Cc1ccc2c(c1)C1(C)CCCCC1(C)N2c1ccc2c(c1)C(c1ccccc1)(c1ccccc1)c1ccc3c(ccc4ccccc43)c1-2. The monoisotopic (exact) mass is 631 g/mol. The zero-order valence-electron chi connectivity index (χ0n) is 28.6. The van der Waals surface area contributed by atoms with Crippen LogP contribution in [0.25, 0.3) is 32.7 Å². The van der Waals surface area contributed by atoms with Crippen LogP contribution >= 0.6 is 0 Å². The highest BCUT2D eigenvalue weighted by molar-refractivity contribution is 6.14. The summed E-state index contributed by atoms with van der Waals surface area (Å²) < 4.78 is 0. The van der Waals surface area contributed by atoms with Gasteiger partial charge in [-0.15, -0.1) is 0 Å². The Kier molecular flexibility index (Phi) is 6.00. The number of aryl methyl sites for hydroxylation is 1. The summed E-state index contributed by atoms with van der Waals surface area (Å²) >= 11 is 0. The van der Waals surface area contributed by atoms with Crippen molar-refractivity contribution >= 4 is 32.9 Å². The number of benzene rings is 7. The molecule has 1 saturated carbocycles. The zero-order valence-corrected chi connectivity index (χ0v) is 28.6. The van der Waals surface area contributed by atoms with Crippen molar-refractivity contribution in [3.8, 4) is 11.1 Å².